The molecule has 0 spiro atoms. The number of anilines is 2. The molecule has 2 heterocycles. The van der Waals surface area contributed by atoms with Crippen LogP contribution in [0, 0.1) is 0 Å². The maximum absolute atomic E-state index is 13.2. The third-order valence-corrected chi connectivity index (χ3v) is 6.07. The number of ether oxygens (including phenoxy) is 1. The Labute approximate surface area is 228 Å². The fraction of sp³-hybridized carbons (Fsp3) is 0.276. The highest BCUT2D eigenvalue weighted by molar-refractivity contribution is 6.19. The minimum Gasteiger partial charge on any atom is -0.403 e. The van der Waals surface area contributed by atoms with E-state index in [1.54, 1.807) is 7.11 Å². The number of aliphatic imine (C=N–C) groups is 2. The van der Waals surface area contributed by atoms with Gasteiger partial charge < -0.3 is 24.7 Å². The van der Waals surface area contributed by atoms with Crippen LogP contribution in [0.15, 0.2) is 87.0 Å². The van der Waals surface area contributed by atoms with Crippen LogP contribution in [-0.2, 0) is 9.53 Å². The number of nitrogens with zero attached hydrogens (tertiary/aromatic N) is 5. The lowest BCUT2D eigenvalue weighted by Gasteiger charge is -2.29. The molecule has 3 aromatic rings. The van der Waals surface area contributed by atoms with E-state index in [-0.39, 0.29) is 23.9 Å². The highest BCUT2D eigenvalue weighted by atomic mass is 16.5. The van der Waals surface area contributed by atoms with Gasteiger partial charge in [0.1, 0.15) is 5.82 Å². The second kappa shape index (κ2) is 12.8. The van der Waals surface area contributed by atoms with Crippen LogP contribution in [0.5, 0.6) is 0 Å². The van der Waals surface area contributed by atoms with Gasteiger partial charge in [-0.15, -0.1) is 5.10 Å². The number of amides is 1. The first-order valence-electron chi connectivity index (χ1n) is 12.7. The Balaban J connectivity index is 1.70. The van der Waals surface area contributed by atoms with E-state index in [0.29, 0.717) is 35.9 Å². The molecule has 0 aliphatic carbocycles. The summed E-state index contributed by atoms with van der Waals surface area (Å²) in [6.45, 7) is 10.9. The SMILES string of the molecule is C=N/C(=C(\C=C/C)c1nnc(NC2N=C(c3ccccc3)c3ccccc3NC2=O)o1)N(CCOC)C(C)C. The number of hydrogen-bond acceptors (Lipinski definition) is 9. The molecule has 2 aromatic carbocycles. The first kappa shape index (κ1) is 27.5. The Hall–Kier alpha value is -4.57. The van der Waals surface area contributed by atoms with Gasteiger partial charge in [-0.05, 0) is 39.6 Å². The van der Waals surface area contributed by atoms with Gasteiger partial charge in [0.15, 0.2) is 0 Å². The quantitative estimate of drug-likeness (QED) is 0.276. The first-order valence-corrected chi connectivity index (χ1v) is 12.7. The number of para-hydroxylation sites is 1. The zero-order valence-corrected chi connectivity index (χ0v) is 22.6. The van der Waals surface area contributed by atoms with E-state index in [4.69, 9.17) is 14.1 Å². The molecule has 0 saturated carbocycles. The summed E-state index contributed by atoms with van der Waals surface area (Å²) in [6, 6.07) is 17.4. The summed E-state index contributed by atoms with van der Waals surface area (Å²) in [5, 5.41) is 14.3. The lowest BCUT2D eigenvalue weighted by atomic mass is 10.0. The van der Waals surface area contributed by atoms with E-state index in [9.17, 15) is 4.79 Å². The van der Waals surface area contributed by atoms with Gasteiger partial charge in [-0.3, -0.25) is 4.79 Å². The Kier molecular flexibility index (Phi) is 9.01. The number of benzene rings is 2. The number of nitrogens with one attached hydrogen (secondary N) is 2. The molecule has 202 valence electrons. The van der Waals surface area contributed by atoms with Crippen molar-refractivity contribution in [2.45, 2.75) is 33.0 Å². The second-order valence-corrected chi connectivity index (χ2v) is 9.01. The van der Waals surface area contributed by atoms with E-state index >= 15 is 0 Å². The van der Waals surface area contributed by atoms with Crippen molar-refractivity contribution in [2.75, 3.05) is 30.9 Å². The molecule has 1 unspecified atom stereocenters. The molecule has 1 aliphatic rings. The normalized spacial score (nSPS) is 15.8. The van der Waals surface area contributed by atoms with Crippen LogP contribution >= 0.6 is 0 Å². The molecule has 0 bridgehead atoms. The van der Waals surface area contributed by atoms with Crippen LogP contribution in [0.2, 0.25) is 0 Å². The molecule has 1 atom stereocenters. The molecule has 0 saturated heterocycles. The van der Waals surface area contributed by atoms with Crippen LogP contribution in [0.3, 0.4) is 0 Å². The summed E-state index contributed by atoms with van der Waals surface area (Å²) in [4.78, 5) is 24.3. The number of carbonyl (C=O) groups excluding carboxylic acids is 1. The van der Waals surface area contributed by atoms with Crippen molar-refractivity contribution in [3.05, 3.63) is 89.6 Å². The fourth-order valence-corrected chi connectivity index (χ4v) is 4.23. The third-order valence-electron chi connectivity index (χ3n) is 6.07. The average Bonchev–Trinajstić information content (AvgIpc) is 3.35. The molecule has 39 heavy (non-hydrogen) atoms. The Morgan fingerprint density at radius 3 is 2.64 bits per heavy atom. The topological polar surface area (TPSA) is 117 Å². The van der Waals surface area contributed by atoms with Crippen molar-refractivity contribution in [3.63, 3.8) is 0 Å². The van der Waals surface area contributed by atoms with Gasteiger partial charge >= 0.3 is 6.01 Å². The number of allylic oxidation sites excluding steroid dienone is 3. The first-order chi connectivity index (χ1) is 19.0. The maximum atomic E-state index is 13.2. The highest BCUT2D eigenvalue weighted by Crippen LogP contribution is 2.27. The minimum atomic E-state index is -1.01. The lowest BCUT2D eigenvalue weighted by Crippen LogP contribution is -2.33. The van der Waals surface area contributed by atoms with E-state index in [1.165, 1.54) is 0 Å². The van der Waals surface area contributed by atoms with E-state index in [1.807, 2.05) is 73.7 Å². The minimum absolute atomic E-state index is 0.0469. The number of benzodiazepines with no additional fused rings is 1. The zero-order chi connectivity index (χ0) is 27.8. The molecule has 10 heteroatoms. The summed E-state index contributed by atoms with van der Waals surface area (Å²) in [6.07, 6.45) is 2.68. The number of aromatic nitrogens is 2. The van der Waals surface area contributed by atoms with Crippen molar-refractivity contribution >= 4 is 35.6 Å². The van der Waals surface area contributed by atoms with E-state index in [2.05, 4.69) is 51.3 Å². The van der Waals surface area contributed by atoms with Gasteiger partial charge in [-0.2, -0.15) is 0 Å². The standard InChI is InChI=1S/C29H33N7O3/c1-6-12-22(26(30-4)36(19(2)3)17-18-38-5)28-34-35-29(39-28)33-25-27(37)31-23-16-11-10-15-21(23)24(32-25)20-13-8-7-9-14-20/h6-16,19,25H,4,17-18H2,1-3,5H3,(H,31,37)(H,33,35)/b12-6-,26-22-. The number of methoxy groups -OCH3 is 1. The molecular weight excluding hydrogens is 494 g/mol. The molecule has 0 fully saturated rings. The number of fused-ring (bicyclic) bond motifs is 1. The monoisotopic (exact) mass is 527 g/mol. The lowest BCUT2D eigenvalue weighted by molar-refractivity contribution is -0.116. The molecule has 4 rings (SSSR count). The Bertz CT molecular complexity index is 1390. The predicted molar refractivity (Wildman–Crippen MR) is 154 cm³/mol. The van der Waals surface area contributed by atoms with Crippen LogP contribution in [0.1, 0.15) is 37.8 Å². The van der Waals surface area contributed by atoms with Gasteiger partial charge in [0, 0.05) is 30.8 Å². The van der Waals surface area contributed by atoms with Gasteiger partial charge in [0.2, 0.25) is 6.17 Å². The van der Waals surface area contributed by atoms with Gasteiger partial charge in [0.25, 0.3) is 11.8 Å². The fourth-order valence-electron chi connectivity index (χ4n) is 4.23. The summed E-state index contributed by atoms with van der Waals surface area (Å²) in [5.41, 5.74) is 3.64. The van der Waals surface area contributed by atoms with Gasteiger partial charge in [-0.1, -0.05) is 59.7 Å². The van der Waals surface area contributed by atoms with Gasteiger partial charge in [-0.25, -0.2) is 9.98 Å². The highest BCUT2D eigenvalue weighted by Gasteiger charge is 2.28. The predicted octanol–water partition coefficient (Wildman–Crippen LogP) is 4.60. The smallest absolute Gasteiger partial charge is 0.317 e. The average molecular weight is 528 g/mol. The molecule has 1 amide bonds. The van der Waals surface area contributed by atoms with Crippen molar-refractivity contribution < 1.29 is 13.9 Å². The third kappa shape index (κ3) is 6.29. The Morgan fingerprint density at radius 2 is 1.95 bits per heavy atom. The molecular formula is C29H33N7O3. The molecule has 0 radical (unpaired) electrons. The molecule has 10 nitrogen and oxygen atoms in total. The van der Waals surface area contributed by atoms with Gasteiger partial charge in [0.05, 0.1) is 23.6 Å². The molecule has 2 N–H and O–H groups in total. The number of carbonyl (C=O) groups is 1. The van der Waals surface area contributed by atoms with Crippen molar-refractivity contribution in [2.24, 2.45) is 9.98 Å². The summed E-state index contributed by atoms with van der Waals surface area (Å²) >= 11 is 0. The number of rotatable bonds is 11. The van der Waals surface area contributed by atoms with Crippen LogP contribution in [-0.4, -0.2) is 65.9 Å². The van der Waals surface area contributed by atoms with Crippen molar-refractivity contribution in [3.8, 4) is 0 Å². The summed E-state index contributed by atoms with van der Waals surface area (Å²) in [7, 11) is 1.65. The molecule has 1 aromatic heterocycles. The molecule has 1 aliphatic heterocycles. The van der Waals surface area contributed by atoms with Crippen LogP contribution in [0.4, 0.5) is 11.7 Å². The number of hydrogen-bond donors (Lipinski definition) is 2. The summed E-state index contributed by atoms with van der Waals surface area (Å²) in [5.74, 6) is 0.462. The van der Waals surface area contributed by atoms with Crippen molar-refractivity contribution in [1.82, 2.24) is 15.1 Å². The summed E-state index contributed by atoms with van der Waals surface area (Å²) < 4.78 is 11.3. The largest absolute Gasteiger partial charge is 0.403 e. The van der Waals surface area contributed by atoms with E-state index < -0.39 is 6.17 Å². The van der Waals surface area contributed by atoms with E-state index in [0.717, 1.165) is 11.1 Å². The Morgan fingerprint density at radius 1 is 1.21 bits per heavy atom. The van der Waals surface area contributed by atoms with Crippen molar-refractivity contribution in [1.29, 1.82) is 0 Å². The maximum Gasteiger partial charge on any atom is 0.317 e. The van der Waals surface area contributed by atoms with Crippen LogP contribution < -0.4 is 10.6 Å². The second-order valence-electron chi connectivity index (χ2n) is 9.01. The zero-order valence-electron chi connectivity index (χ0n) is 22.6. The van der Waals surface area contributed by atoms with Crippen LogP contribution in [0.25, 0.3) is 5.57 Å².